The highest BCUT2D eigenvalue weighted by Gasteiger charge is 2.16. The summed E-state index contributed by atoms with van der Waals surface area (Å²) in [7, 11) is 0. The van der Waals surface area contributed by atoms with Gasteiger partial charge in [0.2, 0.25) is 0 Å². The van der Waals surface area contributed by atoms with E-state index in [0.717, 1.165) is 6.92 Å². The first kappa shape index (κ1) is 37.0. The second-order valence-electron chi connectivity index (χ2n) is 8.14. The van der Waals surface area contributed by atoms with Gasteiger partial charge in [0.1, 0.15) is 16.9 Å². The number of carboxylic acids is 1. The number of rotatable bonds is 3. The van der Waals surface area contributed by atoms with Gasteiger partial charge in [-0.05, 0) is 48.5 Å². The Labute approximate surface area is 194 Å². The molecule has 0 atom stereocenters. The molecule has 0 heterocycles. The third kappa shape index (κ3) is 43.4. The van der Waals surface area contributed by atoms with E-state index < -0.39 is 29.4 Å². The van der Waals surface area contributed by atoms with Crippen LogP contribution < -0.4 is 16.7 Å². The van der Waals surface area contributed by atoms with Crippen LogP contribution in [0.1, 0.15) is 76.2 Å². The molecule has 0 radical (unpaired) electrons. The number of nitrogens with one attached hydrogen (secondary N) is 2. The lowest BCUT2D eigenvalue weighted by Gasteiger charge is -2.18. The standard InChI is InChI=1S/C9H16N2O3.C5H12N2O2.C4H6O2.C2H4O2/c1-6(7(2)12)10-11-8(13)14-9(3,4)5;1-5(2,3)9-4(8)7-6;1-3(5)4(2)6;1-2(3)4/h1-5H3,(H,11,13);6H2,1-3H3,(H,7,8);1-2H3;1H3,(H,3,4)/b10-6+;;;. The Kier molecular flexibility index (Phi) is 20.5. The van der Waals surface area contributed by atoms with Gasteiger partial charge in [-0.25, -0.2) is 20.9 Å². The lowest BCUT2D eigenvalue weighted by molar-refractivity contribution is -0.134. The Bertz CT molecular complexity index is 687. The van der Waals surface area contributed by atoms with Crippen molar-refractivity contribution in [3.8, 4) is 0 Å². The molecule has 13 heteroatoms. The van der Waals surface area contributed by atoms with E-state index in [-0.39, 0.29) is 23.1 Å². The number of hydrogen-bond acceptors (Lipinski definition) is 10. The van der Waals surface area contributed by atoms with Gasteiger partial charge in [-0.1, -0.05) is 0 Å². The minimum absolute atomic E-state index is 0.193. The maximum Gasteiger partial charge on any atom is 0.428 e. The maximum absolute atomic E-state index is 11.0. The second kappa shape index (κ2) is 18.2. The number of Topliss-reactive ketones (excluding diaryl/α,β-unsaturated/α-hetero) is 3. The van der Waals surface area contributed by atoms with Gasteiger partial charge >= 0.3 is 12.2 Å². The van der Waals surface area contributed by atoms with Crippen molar-refractivity contribution in [1.29, 1.82) is 0 Å². The van der Waals surface area contributed by atoms with Gasteiger partial charge in [-0.3, -0.25) is 24.6 Å². The molecule has 5 N–H and O–H groups in total. The molecular formula is C20H38N4O9. The monoisotopic (exact) mass is 478 g/mol. The van der Waals surface area contributed by atoms with Crippen LogP contribution in [0.5, 0.6) is 0 Å². The second-order valence-corrected chi connectivity index (χ2v) is 8.14. The number of carbonyl (C=O) groups is 6. The van der Waals surface area contributed by atoms with Crippen molar-refractivity contribution in [2.75, 3.05) is 0 Å². The van der Waals surface area contributed by atoms with E-state index in [1.54, 1.807) is 41.5 Å². The fraction of sp³-hybridized carbons (Fsp3) is 0.650. The van der Waals surface area contributed by atoms with E-state index in [0.29, 0.717) is 0 Å². The van der Waals surface area contributed by atoms with Gasteiger partial charge in [0.15, 0.2) is 17.3 Å². The zero-order chi connectivity index (χ0) is 27.6. The number of nitrogens with zero attached hydrogens (tertiary/aromatic N) is 1. The molecule has 0 bridgehead atoms. The normalized spacial score (nSPS) is 10.2. The van der Waals surface area contributed by atoms with Crippen LogP contribution in [0.3, 0.4) is 0 Å². The number of carbonyl (C=O) groups excluding carboxylic acids is 5. The van der Waals surface area contributed by atoms with Crippen LogP contribution in [0.15, 0.2) is 5.10 Å². The number of aliphatic carboxylic acids is 1. The van der Waals surface area contributed by atoms with Crippen LogP contribution in [0, 0.1) is 0 Å². The number of amides is 2. The minimum Gasteiger partial charge on any atom is -0.481 e. The van der Waals surface area contributed by atoms with Crippen LogP contribution in [0.2, 0.25) is 0 Å². The Morgan fingerprint density at radius 2 is 1.00 bits per heavy atom. The average molecular weight is 479 g/mol. The highest BCUT2D eigenvalue weighted by molar-refractivity contribution is 6.38. The quantitative estimate of drug-likeness (QED) is 0.153. The van der Waals surface area contributed by atoms with Crippen molar-refractivity contribution in [2.24, 2.45) is 10.9 Å². The third-order valence-electron chi connectivity index (χ3n) is 2.24. The fourth-order valence-corrected chi connectivity index (χ4v) is 0.817. The van der Waals surface area contributed by atoms with Crippen molar-refractivity contribution in [3.63, 3.8) is 0 Å². The molecule has 0 aliphatic rings. The van der Waals surface area contributed by atoms with Crippen molar-refractivity contribution in [1.82, 2.24) is 10.9 Å². The third-order valence-corrected chi connectivity index (χ3v) is 2.24. The Morgan fingerprint density at radius 3 is 1.18 bits per heavy atom. The molecule has 0 saturated carbocycles. The van der Waals surface area contributed by atoms with Crippen LogP contribution in [0.25, 0.3) is 0 Å². The topological polar surface area (TPSA) is 204 Å². The molecule has 0 rings (SSSR count). The van der Waals surface area contributed by atoms with Crippen LogP contribution in [-0.4, -0.2) is 57.5 Å². The zero-order valence-electron chi connectivity index (χ0n) is 21.2. The van der Waals surface area contributed by atoms with Gasteiger partial charge < -0.3 is 14.6 Å². The fourth-order valence-electron chi connectivity index (χ4n) is 0.817. The van der Waals surface area contributed by atoms with Crippen molar-refractivity contribution in [3.05, 3.63) is 0 Å². The van der Waals surface area contributed by atoms with Gasteiger partial charge in [-0.2, -0.15) is 5.10 Å². The number of hydrogen-bond donors (Lipinski definition) is 4. The summed E-state index contributed by atoms with van der Waals surface area (Å²) >= 11 is 0. The summed E-state index contributed by atoms with van der Waals surface area (Å²) in [5.74, 6) is 2.97. The smallest absolute Gasteiger partial charge is 0.428 e. The van der Waals surface area contributed by atoms with E-state index in [9.17, 15) is 24.0 Å². The number of carboxylic acid groups (broad SMARTS) is 1. The summed E-state index contributed by atoms with van der Waals surface area (Å²) < 4.78 is 9.61. The lowest BCUT2D eigenvalue weighted by atomic mass is 10.2. The first-order valence-electron chi connectivity index (χ1n) is 9.50. The molecule has 0 unspecified atom stereocenters. The minimum atomic E-state index is -0.833. The van der Waals surface area contributed by atoms with E-state index >= 15 is 0 Å². The highest BCUT2D eigenvalue weighted by Crippen LogP contribution is 2.06. The molecule has 0 spiro atoms. The molecule has 0 aliphatic heterocycles. The number of ether oxygens (including phenoxy) is 2. The first-order chi connectivity index (χ1) is 14.6. The molecule has 13 nitrogen and oxygen atoms in total. The first-order valence-corrected chi connectivity index (χ1v) is 9.50. The largest absolute Gasteiger partial charge is 0.481 e. The molecular weight excluding hydrogens is 440 g/mol. The zero-order valence-corrected chi connectivity index (χ0v) is 21.2. The summed E-state index contributed by atoms with van der Waals surface area (Å²) in [4.78, 5) is 60.7. The molecule has 2 amide bonds. The molecule has 0 aromatic carbocycles. The predicted octanol–water partition coefficient (Wildman–Crippen LogP) is 2.12. The number of hydrazone groups is 1. The Morgan fingerprint density at radius 1 is 0.697 bits per heavy atom. The van der Waals surface area contributed by atoms with Crippen LogP contribution >= 0.6 is 0 Å². The number of ketones is 3. The van der Waals surface area contributed by atoms with E-state index in [4.69, 9.17) is 25.2 Å². The summed E-state index contributed by atoms with van der Waals surface area (Å²) in [6.45, 7) is 17.0. The SMILES string of the molecule is CC(=O)/C(C)=N/NC(=O)OC(C)(C)C.CC(=O)C(C)=O.CC(=O)O.CC(C)(C)OC(=O)NN. The van der Waals surface area contributed by atoms with Crippen molar-refractivity contribution in [2.45, 2.75) is 87.4 Å². The molecule has 0 aromatic rings. The Hall–Kier alpha value is -3.35. The summed E-state index contributed by atoms with van der Waals surface area (Å²) in [5, 5.41) is 11.0. The summed E-state index contributed by atoms with van der Waals surface area (Å²) in [5.41, 5.74) is 3.18. The van der Waals surface area contributed by atoms with Gasteiger partial charge in [-0.15, -0.1) is 0 Å². The van der Waals surface area contributed by atoms with Gasteiger partial charge in [0.25, 0.3) is 5.97 Å². The number of hydrazine groups is 1. The molecule has 0 aliphatic carbocycles. The van der Waals surface area contributed by atoms with Gasteiger partial charge in [0, 0.05) is 27.7 Å². The van der Waals surface area contributed by atoms with E-state index in [1.807, 2.05) is 5.43 Å². The van der Waals surface area contributed by atoms with Crippen LogP contribution in [0.4, 0.5) is 9.59 Å². The van der Waals surface area contributed by atoms with E-state index in [1.165, 1.54) is 27.7 Å². The molecule has 0 fully saturated rings. The molecule has 33 heavy (non-hydrogen) atoms. The predicted molar refractivity (Wildman–Crippen MR) is 121 cm³/mol. The lowest BCUT2D eigenvalue weighted by Crippen LogP contribution is -2.36. The summed E-state index contributed by atoms with van der Waals surface area (Å²) in [6.07, 6.45) is -1.28. The summed E-state index contributed by atoms with van der Waals surface area (Å²) in [6, 6.07) is 0. The maximum atomic E-state index is 11.0. The molecule has 0 saturated heterocycles. The molecule has 192 valence electrons. The van der Waals surface area contributed by atoms with Gasteiger partial charge in [0.05, 0.1) is 0 Å². The average Bonchev–Trinajstić information content (AvgIpc) is 2.57. The van der Waals surface area contributed by atoms with Crippen molar-refractivity contribution < 1.29 is 43.3 Å². The van der Waals surface area contributed by atoms with E-state index in [2.05, 4.69) is 10.5 Å². The highest BCUT2D eigenvalue weighted by atomic mass is 16.6. The van der Waals surface area contributed by atoms with Crippen molar-refractivity contribution >= 4 is 41.2 Å². The molecule has 0 aromatic heterocycles. The van der Waals surface area contributed by atoms with Crippen LogP contribution in [-0.2, 0) is 28.7 Å². The Balaban J connectivity index is -0.000000189. The number of nitrogens with two attached hydrogens (primary N) is 1.